The number of aryl methyl sites for hydroxylation is 1. The fourth-order valence-electron chi connectivity index (χ4n) is 2.74. The van der Waals surface area contributed by atoms with Gasteiger partial charge in [0.15, 0.2) is 0 Å². The standard InChI is InChI=1S/C18H17BrF2N2O4S/c1-10-6-11(2-3-15(10)20)22-18(24)13-7-17(16(21)8-14(13)19)28(25,26)23-12-4-5-27-9-12/h2-3,6-8,12,23H,4-5,9H2,1H3,(H,22,24)/t12-/m0/s1. The SMILES string of the molecule is Cc1cc(NC(=O)c2cc(S(=O)(=O)N[C@H]3CCOC3)c(F)cc2Br)ccc1F. The second kappa shape index (κ2) is 8.24. The predicted octanol–water partition coefficient (Wildman–Crippen LogP) is 3.36. The van der Waals surface area contributed by atoms with Gasteiger partial charge in [-0.2, -0.15) is 0 Å². The maximum absolute atomic E-state index is 14.3. The van der Waals surface area contributed by atoms with Crippen molar-refractivity contribution >= 4 is 37.5 Å². The van der Waals surface area contributed by atoms with Crippen LogP contribution in [-0.4, -0.2) is 33.6 Å². The van der Waals surface area contributed by atoms with E-state index in [0.717, 1.165) is 12.1 Å². The summed E-state index contributed by atoms with van der Waals surface area (Å²) in [6, 6.07) is 5.44. The molecule has 0 radical (unpaired) electrons. The zero-order valence-corrected chi connectivity index (χ0v) is 17.2. The number of hydrogen-bond acceptors (Lipinski definition) is 4. The fourth-order valence-corrected chi connectivity index (χ4v) is 4.58. The van der Waals surface area contributed by atoms with Gasteiger partial charge in [-0.1, -0.05) is 0 Å². The molecule has 3 rings (SSSR count). The number of ether oxygens (including phenoxy) is 1. The van der Waals surface area contributed by atoms with Crippen molar-refractivity contribution in [2.24, 2.45) is 0 Å². The lowest BCUT2D eigenvalue weighted by molar-refractivity contribution is 0.102. The summed E-state index contributed by atoms with van der Waals surface area (Å²) in [6.07, 6.45) is 0.481. The van der Waals surface area contributed by atoms with Crippen LogP contribution in [0.1, 0.15) is 22.3 Å². The minimum Gasteiger partial charge on any atom is -0.380 e. The molecular formula is C18H17BrF2N2O4S. The number of anilines is 1. The van der Waals surface area contributed by atoms with Crippen molar-refractivity contribution in [3.8, 4) is 0 Å². The number of halogens is 3. The predicted molar refractivity (Wildman–Crippen MR) is 103 cm³/mol. The Kier molecular flexibility index (Phi) is 6.13. The molecule has 1 fully saturated rings. The van der Waals surface area contributed by atoms with Crippen LogP contribution in [0.2, 0.25) is 0 Å². The van der Waals surface area contributed by atoms with E-state index >= 15 is 0 Å². The molecule has 0 bridgehead atoms. The van der Waals surface area contributed by atoms with Crippen LogP contribution in [0.5, 0.6) is 0 Å². The molecule has 2 N–H and O–H groups in total. The van der Waals surface area contributed by atoms with Gasteiger partial charge in [0, 0.05) is 22.8 Å². The van der Waals surface area contributed by atoms with E-state index in [2.05, 4.69) is 26.0 Å². The Morgan fingerprint density at radius 2 is 1.96 bits per heavy atom. The molecule has 2 aromatic rings. The van der Waals surface area contributed by atoms with Gasteiger partial charge >= 0.3 is 0 Å². The van der Waals surface area contributed by atoms with Gasteiger partial charge in [-0.15, -0.1) is 0 Å². The van der Waals surface area contributed by atoms with Crippen molar-refractivity contribution in [3.63, 3.8) is 0 Å². The summed E-state index contributed by atoms with van der Waals surface area (Å²) in [6.45, 7) is 2.16. The highest BCUT2D eigenvalue weighted by atomic mass is 79.9. The molecule has 1 heterocycles. The molecule has 0 aliphatic carbocycles. The topological polar surface area (TPSA) is 84.5 Å². The Hall–Kier alpha value is -1.88. The number of benzene rings is 2. The molecule has 1 saturated heterocycles. The van der Waals surface area contributed by atoms with Gasteiger partial charge in [0.25, 0.3) is 5.91 Å². The van der Waals surface area contributed by atoms with E-state index < -0.39 is 38.5 Å². The van der Waals surface area contributed by atoms with E-state index in [9.17, 15) is 22.0 Å². The molecule has 0 unspecified atom stereocenters. The second-order valence-corrected chi connectivity index (χ2v) is 8.90. The van der Waals surface area contributed by atoms with E-state index in [-0.39, 0.29) is 16.6 Å². The van der Waals surface area contributed by atoms with E-state index in [0.29, 0.717) is 24.3 Å². The number of hydrogen-bond donors (Lipinski definition) is 2. The van der Waals surface area contributed by atoms with Gasteiger partial charge < -0.3 is 10.1 Å². The first-order valence-corrected chi connectivity index (χ1v) is 10.6. The molecule has 1 amide bonds. The molecule has 10 heteroatoms. The summed E-state index contributed by atoms with van der Waals surface area (Å²) in [5.74, 6) is -2.08. The Labute approximate surface area is 169 Å². The number of sulfonamides is 1. The lowest BCUT2D eigenvalue weighted by atomic mass is 10.1. The van der Waals surface area contributed by atoms with Crippen molar-refractivity contribution in [2.75, 3.05) is 18.5 Å². The van der Waals surface area contributed by atoms with Crippen LogP contribution in [0.25, 0.3) is 0 Å². The highest BCUT2D eigenvalue weighted by Gasteiger charge is 2.28. The first-order valence-electron chi connectivity index (χ1n) is 8.34. The first-order chi connectivity index (χ1) is 13.2. The van der Waals surface area contributed by atoms with Gasteiger partial charge in [0.1, 0.15) is 16.5 Å². The monoisotopic (exact) mass is 474 g/mol. The number of carbonyl (C=O) groups is 1. The summed E-state index contributed by atoms with van der Waals surface area (Å²) >= 11 is 3.08. The van der Waals surface area contributed by atoms with E-state index in [1.807, 2.05) is 0 Å². The third kappa shape index (κ3) is 4.57. The van der Waals surface area contributed by atoms with Crippen LogP contribution in [0.15, 0.2) is 39.7 Å². The van der Waals surface area contributed by atoms with Crippen molar-refractivity contribution in [1.29, 1.82) is 0 Å². The van der Waals surface area contributed by atoms with Crippen LogP contribution >= 0.6 is 15.9 Å². The summed E-state index contributed by atoms with van der Waals surface area (Å²) in [7, 11) is -4.19. The lowest BCUT2D eigenvalue weighted by Gasteiger charge is -2.14. The molecule has 1 aliphatic rings. The second-order valence-electron chi connectivity index (χ2n) is 6.36. The van der Waals surface area contributed by atoms with E-state index in [1.54, 1.807) is 6.92 Å². The maximum Gasteiger partial charge on any atom is 0.256 e. The number of rotatable bonds is 5. The number of carbonyl (C=O) groups excluding carboxylic acids is 1. The number of nitrogens with one attached hydrogen (secondary N) is 2. The van der Waals surface area contributed by atoms with Crippen LogP contribution < -0.4 is 10.0 Å². The number of amides is 1. The fraction of sp³-hybridized carbons (Fsp3) is 0.278. The zero-order valence-electron chi connectivity index (χ0n) is 14.8. The summed E-state index contributed by atoms with van der Waals surface area (Å²) < 4.78 is 60.4. The molecule has 2 aromatic carbocycles. The van der Waals surface area contributed by atoms with Crippen LogP contribution in [0.4, 0.5) is 14.5 Å². The maximum atomic E-state index is 14.3. The Morgan fingerprint density at radius 3 is 2.61 bits per heavy atom. The normalized spacial score (nSPS) is 16.9. The van der Waals surface area contributed by atoms with Gasteiger partial charge in [-0.05, 0) is 65.2 Å². The Balaban J connectivity index is 1.89. The quantitative estimate of drug-likeness (QED) is 0.695. The largest absolute Gasteiger partial charge is 0.380 e. The van der Waals surface area contributed by atoms with Gasteiger partial charge in [-0.3, -0.25) is 4.79 Å². The minimum absolute atomic E-state index is 0.0774. The average Bonchev–Trinajstić information content (AvgIpc) is 3.10. The highest BCUT2D eigenvalue weighted by Crippen LogP contribution is 2.26. The van der Waals surface area contributed by atoms with Gasteiger partial charge in [0.05, 0.1) is 12.2 Å². The van der Waals surface area contributed by atoms with Crippen molar-refractivity contribution in [2.45, 2.75) is 24.3 Å². The van der Waals surface area contributed by atoms with E-state index in [4.69, 9.17) is 4.74 Å². The van der Waals surface area contributed by atoms with E-state index in [1.165, 1.54) is 18.2 Å². The zero-order chi connectivity index (χ0) is 20.5. The molecule has 0 saturated carbocycles. The van der Waals surface area contributed by atoms with Crippen LogP contribution in [0.3, 0.4) is 0 Å². The molecule has 6 nitrogen and oxygen atoms in total. The summed E-state index contributed by atoms with van der Waals surface area (Å²) in [5, 5.41) is 2.55. The minimum atomic E-state index is -4.19. The molecule has 0 aromatic heterocycles. The Morgan fingerprint density at radius 1 is 1.21 bits per heavy atom. The third-order valence-electron chi connectivity index (χ3n) is 4.22. The van der Waals surface area contributed by atoms with Gasteiger partial charge in [0.2, 0.25) is 10.0 Å². The molecule has 150 valence electrons. The van der Waals surface area contributed by atoms with Crippen molar-refractivity contribution < 1.29 is 26.7 Å². The molecule has 28 heavy (non-hydrogen) atoms. The lowest BCUT2D eigenvalue weighted by Crippen LogP contribution is -2.35. The third-order valence-corrected chi connectivity index (χ3v) is 6.41. The van der Waals surface area contributed by atoms with Crippen molar-refractivity contribution in [1.82, 2.24) is 4.72 Å². The van der Waals surface area contributed by atoms with Crippen LogP contribution in [0, 0.1) is 18.6 Å². The van der Waals surface area contributed by atoms with Gasteiger partial charge in [-0.25, -0.2) is 21.9 Å². The molecule has 1 aliphatic heterocycles. The summed E-state index contributed by atoms with van der Waals surface area (Å²) in [5.41, 5.74) is 0.583. The van der Waals surface area contributed by atoms with Crippen molar-refractivity contribution in [3.05, 3.63) is 57.6 Å². The molecule has 0 spiro atoms. The van der Waals surface area contributed by atoms with Crippen LogP contribution in [-0.2, 0) is 14.8 Å². The average molecular weight is 475 g/mol. The highest BCUT2D eigenvalue weighted by molar-refractivity contribution is 9.10. The Bertz CT molecular complexity index is 1020. The smallest absolute Gasteiger partial charge is 0.256 e. The molecular weight excluding hydrogens is 458 g/mol. The molecule has 1 atom stereocenters. The summed E-state index contributed by atoms with van der Waals surface area (Å²) in [4.78, 5) is 11.9. The first kappa shape index (κ1) is 20.8.